The first-order valence-electron chi connectivity index (χ1n) is 10.6. The summed E-state index contributed by atoms with van der Waals surface area (Å²) in [6.45, 7) is 2.68. The monoisotopic (exact) mass is 498 g/mol. The first-order chi connectivity index (χ1) is 16.4. The van der Waals surface area contributed by atoms with Crippen LogP contribution in [0.15, 0.2) is 53.7 Å². The van der Waals surface area contributed by atoms with Gasteiger partial charge in [-0.1, -0.05) is 35.3 Å². The fourth-order valence-corrected chi connectivity index (χ4v) is 4.03. The van der Waals surface area contributed by atoms with Crippen LogP contribution in [0.2, 0.25) is 10.0 Å². The highest BCUT2D eigenvalue weighted by Gasteiger charge is 2.21. The lowest BCUT2D eigenvalue weighted by Crippen LogP contribution is -2.51. The van der Waals surface area contributed by atoms with E-state index < -0.39 is 0 Å². The number of carbonyl (C=O) groups excluding carboxylic acids is 1. The molecule has 0 saturated carbocycles. The molecule has 0 spiro atoms. The topological polar surface area (TPSA) is 126 Å². The second kappa shape index (κ2) is 10.1. The predicted molar refractivity (Wildman–Crippen MR) is 137 cm³/mol. The Kier molecular flexibility index (Phi) is 7.04. The van der Waals surface area contributed by atoms with Gasteiger partial charge in [0, 0.05) is 44.4 Å². The first-order valence-corrected chi connectivity index (χ1v) is 11.4. The van der Waals surface area contributed by atoms with E-state index in [-0.39, 0.29) is 11.7 Å². The zero-order chi connectivity index (χ0) is 24.2. The molecule has 1 aliphatic rings. The molecule has 0 bridgehead atoms. The lowest BCUT2D eigenvalue weighted by atomic mass is 10.1. The van der Waals surface area contributed by atoms with E-state index in [1.54, 1.807) is 55.7 Å². The van der Waals surface area contributed by atoms with Gasteiger partial charge in [-0.15, -0.1) is 0 Å². The Balaban J connectivity index is 1.41. The lowest BCUT2D eigenvalue weighted by Gasteiger charge is -2.35. The van der Waals surface area contributed by atoms with Crippen molar-refractivity contribution in [1.82, 2.24) is 20.2 Å². The molecule has 1 aromatic heterocycles. The number of halogens is 2. The number of aromatic nitrogens is 2. The highest BCUT2D eigenvalue weighted by Crippen LogP contribution is 2.35. The highest BCUT2D eigenvalue weighted by atomic mass is 35.5. The number of piperazine rings is 1. The number of benzene rings is 2. The molecule has 4 rings (SSSR count). The Morgan fingerprint density at radius 1 is 1.09 bits per heavy atom. The Bertz CT molecular complexity index is 1220. The summed E-state index contributed by atoms with van der Waals surface area (Å²) >= 11 is 12.4. The van der Waals surface area contributed by atoms with Crippen molar-refractivity contribution in [3.05, 3.63) is 64.3 Å². The average molecular weight is 499 g/mol. The van der Waals surface area contributed by atoms with Crippen molar-refractivity contribution in [3.8, 4) is 11.3 Å². The quantitative estimate of drug-likeness (QED) is 0.372. The van der Waals surface area contributed by atoms with Gasteiger partial charge in [-0.25, -0.2) is 15.0 Å². The van der Waals surface area contributed by atoms with Crippen LogP contribution in [0, 0.1) is 0 Å². The van der Waals surface area contributed by atoms with Crippen molar-refractivity contribution < 1.29 is 4.79 Å². The van der Waals surface area contributed by atoms with Gasteiger partial charge in [-0.3, -0.25) is 4.79 Å². The summed E-state index contributed by atoms with van der Waals surface area (Å²) in [5.41, 5.74) is 14.8. The molecule has 0 unspecified atom stereocenters. The molecule has 1 fully saturated rings. The fraction of sp³-hybridized carbons (Fsp3) is 0.217. The maximum absolute atomic E-state index is 11.7. The summed E-state index contributed by atoms with van der Waals surface area (Å²) in [5, 5.41) is 3.42. The van der Waals surface area contributed by atoms with Gasteiger partial charge in [-0.05, 0) is 30.3 Å². The van der Waals surface area contributed by atoms with E-state index >= 15 is 0 Å². The van der Waals surface area contributed by atoms with Crippen molar-refractivity contribution in [2.24, 2.45) is 10.7 Å². The van der Waals surface area contributed by atoms with Gasteiger partial charge in [0.15, 0.2) is 11.8 Å². The van der Waals surface area contributed by atoms with E-state index in [4.69, 9.17) is 34.7 Å². The number of hydrogen-bond donors (Lipinski definition) is 3. The van der Waals surface area contributed by atoms with Crippen LogP contribution in [0.25, 0.3) is 11.3 Å². The van der Waals surface area contributed by atoms with Crippen LogP contribution in [0.3, 0.4) is 0 Å². The minimum absolute atomic E-state index is 0.146. The van der Waals surface area contributed by atoms with E-state index in [0.717, 1.165) is 0 Å². The third-order valence-corrected chi connectivity index (χ3v) is 6.34. The number of amides is 1. The van der Waals surface area contributed by atoms with E-state index in [9.17, 15) is 4.79 Å². The minimum atomic E-state index is -0.146. The SMILES string of the molecule is CNC(=O)c1ccc(N=C(N)N2CCN(c3cnc(-c4cccc(Cl)c4Cl)c(N)n3)CC2)cc1. The Labute approximate surface area is 207 Å². The van der Waals surface area contributed by atoms with Crippen molar-refractivity contribution in [1.29, 1.82) is 0 Å². The molecule has 2 heterocycles. The van der Waals surface area contributed by atoms with E-state index in [1.807, 2.05) is 4.90 Å². The average Bonchev–Trinajstić information content (AvgIpc) is 2.86. The molecule has 2 aromatic carbocycles. The van der Waals surface area contributed by atoms with Gasteiger partial charge >= 0.3 is 0 Å². The number of nitrogens with zero attached hydrogens (tertiary/aromatic N) is 5. The second-order valence-electron chi connectivity index (χ2n) is 7.63. The van der Waals surface area contributed by atoms with Gasteiger partial charge < -0.3 is 26.6 Å². The van der Waals surface area contributed by atoms with Gasteiger partial charge in [-0.2, -0.15) is 0 Å². The third kappa shape index (κ3) is 5.00. The number of nitrogens with two attached hydrogens (primary N) is 2. The van der Waals surface area contributed by atoms with Crippen LogP contribution in [0.4, 0.5) is 17.3 Å². The van der Waals surface area contributed by atoms with Crippen molar-refractivity contribution in [2.75, 3.05) is 43.9 Å². The Morgan fingerprint density at radius 3 is 2.44 bits per heavy atom. The maximum atomic E-state index is 11.7. The summed E-state index contributed by atoms with van der Waals surface area (Å²) < 4.78 is 0. The summed E-state index contributed by atoms with van der Waals surface area (Å²) in [4.78, 5) is 29.3. The van der Waals surface area contributed by atoms with Gasteiger partial charge in [0.2, 0.25) is 0 Å². The predicted octanol–water partition coefficient (Wildman–Crippen LogP) is 3.16. The molecule has 0 aliphatic carbocycles. The van der Waals surface area contributed by atoms with Crippen LogP contribution in [0.5, 0.6) is 0 Å². The van der Waals surface area contributed by atoms with Gasteiger partial charge in [0.05, 0.1) is 21.9 Å². The van der Waals surface area contributed by atoms with Crippen molar-refractivity contribution in [2.45, 2.75) is 0 Å². The van der Waals surface area contributed by atoms with Gasteiger partial charge in [0.25, 0.3) is 5.91 Å². The zero-order valence-corrected chi connectivity index (χ0v) is 20.0. The molecule has 5 N–H and O–H groups in total. The molecule has 3 aromatic rings. The molecule has 9 nitrogen and oxygen atoms in total. The summed E-state index contributed by atoms with van der Waals surface area (Å²) in [6, 6.07) is 12.3. The summed E-state index contributed by atoms with van der Waals surface area (Å²) in [6.07, 6.45) is 1.68. The van der Waals surface area contributed by atoms with Crippen LogP contribution < -0.4 is 21.7 Å². The summed E-state index contributed by atoms with van der Waals surface area (Å²) in [5.74, 6) is 1.24. The second-order valence-corrected chi connectivity index (χ2v) is 8.42. The van der Waals surface area contributed by atoms with Crippen LogP contribution in [0.1, 0.15) is 10.4 Å². The Hall–Kier alpha value is -3.56. The largest absolute Gasteiger partial charge is 0.382 e. The van der Waals surface area contributed by atoms with E-state index in [2.05, 4.69) is 25.2 Å². The van der Waals surface area contributed by atoms with Crippen molar-refractivity contribution >= 4 is 52.4 Å². The molecule has 1 amide bonds. The molecule has 176 valence electrons. The van der Waals surface area contributed by atoms with Gasteiger partial charge in [0.1, 0.15) is 11.5 Å². The van der Waals surface area contributed by atoms with Crippen LogP contribution in [-0.4, -0.2) is 60.0 Å². The number of carbonyl (C=O) groups is 1. The molecular formula is C23H24Cl2N8O. The zero-order valence-electron chi connectivity index (χ0n) is 18.5. The van der Waals surface area contributed by atoms with Crippen molar-refractivity contribution in [3.63, 3.8) is 0 Å². The Morgan fingerprint density at radius 2 is 1.79 bits per heavy atom. The molecule has 1 aliphatic heterocycles. The highest BCUT2D eigenvalue weighted by molar-refractivity contribution is 6.43. The first kappa shape index (κ1) is 23.6. The third-order valence-electron chi connectivity index (χ3n) is 5.52. The summed E-state index contributed by atoms with van der Waals surface area (Å²) in [7, 11) is 1.59. The fourth-order valence-electron chi connectivity index (χ4n) is 3.64. The molecule has 0 atom stereocenters. The normalized spacial score (nSPS) is 14.3. The van der Waals surface area contributed by atoms with Crippen LogP contribution in [-0.2, 0) is 0 Å². The number of hydrogen-bond acceptors (Lipinski definition) is 6. The standard InChI is InChI=1S/C23H24Cl2N8O/c1-28-22(34)14-5-7-15(8-6-14)30-23(27)33-11-9-32(10-12-33)18-13-29-20(21(26)31-18)16-3-2-4-17(24)19(16)25/h2-8,13H,9-12H2,1H3,(H2,26,31)(H2,27,30)(H,28,34). The van der Waals surface area contributed by atoms with E-state index in [1.165, 1.54) is 0 Å². The molecule has 34 heavy (non-hydrogen) atoms. The molecule has 1 saturated heterocycles. The van der Waals surface area contributed by atoms with Crippen LogP contribution >= 0.6 is 23.2 Å². The number of anilines is 2. The molecule has 11 heteroatoms. The number of nitrogen functional groups attached to an aromatic ring is 1. The lowest BCUT2D eigenvalue weighted by molar-refractivity contribution is 0.0963. The number of aliphatic imine (C=N–C) groups is 1. The molecule has 0 radical (unpaired) electrons. The smallest absolute Gasteiger partial charge is 0.251 e. The number of rotatable bonds is 4. The van der Waals surface area contributed by atoms with E-state index in [0.29, 0.717) is 70.5 Å². The molecular weight excluding hydrogens is 475 g/mol. The minimum Gasteiger partial charge on any atom is -0.382 e. The number of guanidine groups is 1. The maximum Gasteiger partial charge on any atom is 0.251 e. The number of nitrogens with one attached hydrogen (secondary N) is 1.